The molecule has 21 heavy (non-hydrogen) atoms. The lowest BCUT2D eigenvalue weighted by molar-refractivity contribution is 0.650. The number of hydrogen-bond acceptors (Lipinski definition) is 3. The number of halogens is 1. The summed E-state index contributed by atoms with van der Waals surface area (Å²) in [4.78, 5) is 4.84. The van der Waals surface area contributed by atoms with Crippen LogP contribution < -0.4 is 9.80 Å². The van der Waals surface area contributed by atoms with E-state index in [1.54, 1.807) is 0 Å². The van der Waals surface area contributed by atoms with Crippen LogP contribution in [0.25, 0.3) is 0 Å². The molecular formula is C16H21ClN4. The van der Waals surface area contributed by atoms with Gasteiger partial charge in [-0.1, -0.05) is 17.7 Å². The molecule has 0 aliphatic carbocycles. The fraction of sp³-hybridized carbons (Fsp3) is 0.438. The molecule has 1 aromatic carbocycles. The van der Waals surface area contributed by atoms with Crippen molar-refractivity contribution in [3.63, 3.8) is 0 Å². The highest BCUT2D eigenvalue weighted by Crippen LogP contribution is 2.27. The number of nitrogens with zero attached hydrogens (tertiary/aromatic N) is 4. The van der Waals surface area contributed by atoms with Gasteiger partial charge in [0.15, 0.2) is 0 Å². The van der Waals surface area contributed by atoms with Gasteiger partial charge in [0, 0.05) is 43.9 Å². The van der Waals surface area contributed by atoms with Crippen molar-refractivity contribution < 1.29 is 0 Å². The lowest BCUT2D eigenvalue weighted by Gasteiger charge is -2.37. The summed E-state index contributed by atoms with van der Waals surface area (Å²) in [5.74, 6) is 0. The molecule has 4 nitrogen and oxygen atoms in total. The van der Waals surface area contributed by atoms with Crippen LogP contribution in [-0.2, 0) is 7.05 Å². The summed E-state index contributed by atoms with van der Waals surface area (Å²) in [6.45, 7) is 8.27. The maximum atomic E-state index is 6.08. The Hall–Kier alpha value is -1.68. The predicted octanol–water partition coefficient (Wildman–Crippen LogP) is 3.02. The van der Waals surface area contributed by atoms with Crippen molar-refractivity contribution >= 4 is 23.0 Å². The molecule has 0 amide bonds. The molecule has 1 aliphatic heterocycles. The maximum Gasteiger partial charge on any atom is 0.0829 e. The van der Waals surface area contributed by atoms with Gasteiger partial charge in [-0.2, -0.15) is 5.10 Å². The average molecular weight is 305 g/mol. The first kappa shape index (κ1) is 14.3. The van der Waals surface area contributed by atoms with Gasteiger partial charge in [0.05, 0.1) is 17.1 Å². The molecule has 0 unspecified atom stereocenters. The third kappa shape index (κ3) is 2.72. The fourth-order valence-corrected chi connectivity index (χ4v) is 3.27. The molecule has 3 rings (SSSR count). The van der Waals surface area contributed by atoms with Crippen LogP contribution in [0.15, 0.2) is 24.3 Å². The van der Waals surface area contributed by atoms with Gasteiger partial charge in [-0.3, -0.25) is 4.68 Å². The Balaban J connectivity index is 1.73. The van der Waals surface area contributed by atoms with E-state index in [1.165, 1.54) is 17.1 Å². The second kappa shape index (κ2) is 5.60. The zero-order valence-electron chi connectivity index (χ0n) is 12.8. The maximum absolute atomic E-state index is 6.08. The molecule has 0 spiro atoms. The summed E-state index contributed by atoms with van der Waals surface area (Å²) in [6.07, 6.45) is 0. The molecule has 5 heteroatoms. The first-order valence-electron chi connectivity index (χ1n) is 7.32. The Kier molecular flexibility index (Phi) is 3.81. The summed E-state index contributed by atoms with van der Waals surface area (Å²) in [7, 11) is 2.01. The molecule has 1 saturated heterocycles. The SMILES string of the molecule is Cc1nn(C)c(C)c1N1CCN(c2cccc(Cl)c2)CC1. The summed E-state index contributed by atoms with van der Waals surface area (Å²) in [5, 5.41) is 5.32. The van der Waals surface area contributed by atoms with Gasteiger partial charge < -0.3 is 9.80 Å². The number of piperazine rings is 1. The first-order valence-corrected chi connectivity index (χ1v) is 7.69. The highest BCUT2D eigenvalue weighted by molar-refractivity contribution is 6.30. The Morgan fingerprint density at radius 2 is 1.71 bits per heavy atom. The summed E-state index contributed by atoms with van der Waals surface area (Å²) < 4.78 is 1.97. The van der Waals surface area contributed by atoms with E-state index in [-0.39, 0.29) is 0 Å². The normalized spacial score (nSPS) is 15.6. The van der Waals surface area contributed by atoms with E-state index in [2.05, 4.69) is 34.8 Å². The molecule has 0 atom stereocenters. The van der Waals surface area contributed by atoms with E-state index in [0.717, 1.165) is 36.9 Å². The Bertz CT molecular complexity index is 642. The average Bonchev–Trinajstić information content (AvgIpc) is 2.72. The van der Waals surface area contributed by atoms with Crippen molar-refractivity contribution in [1.82, 2.24) is 9.78 Å². The minimum Gasteiger partial charge on any atom is -0.368 e. The molecule has 0 N–H and O–H groups in total. The highest BCUT2D eigenvalue weighted by Gasteiger charge is 2.22. The molecule has 1 aliphatic rings. The Morgan fingerprint density at radius 3 is 2.29 bits per heavy atom. The van der Waals surface area contributed by atoms with Crippen LogP contribution in [0.4, 0.5) is 11.4 Å². The number of benzene rings is 1. The topological polar surface area (TPSA) is 24.3 Å². The lowest BCUT2D eigenvalue weighted by atomic mass is 10.2. The number of anilines is 2. The number of aromatic nitrogens is 2. The van der Waals surface area contributed by atoms with Crippen molar-refractivity contribution in [3.05, 3.63) is 40.7 Å². The third-order valence-corrected chi connectivity index (χ3v) is 4.48. The lowest BCUT2D eigenvalue weighted by Crippen LogP contribution is -2.46. The van der Waals surface area contributed by atoms with Gasteiger partial charge in [-0.25, -0.2) is 0 Å². The second-order valence-electron chi connectivity index (χ2n) is 5.60. The third-order valence-electron chi connectivity index (χ3n) is 4.24. The van der Waals surface area contributed by atoms with Gasteiger partial charge in [0.25, 0.3) is 0 Å². The smallest absolute Gasteiger partial charge is 0.0829 e. The highest BCUT2D eigenvalue weighted by atomic mass is 35.5. The molecule has 1 aromatic heterocycles. The number of aryl methyl sites for hydroxylation is 2. The zero-order valence-corrected chi connectivity index (χ0v) is 13.6. The van der Waals surface area contributed by atoms with Crippen molar-refractivity contribution in [2.75, 3.05) is 36.0 Å². The minimum absolute atomic E-state index is 0.800. The standard InChI is InChI=1S/C16H21ClN4/c1-12-16(13(2)19(3)18-12)21-9-7-20(8-10-21)15-6-4-5-14(17)11-15/h4-6,11H,7-10H2,1-3H3. The molecule has 2 heterocycles. The minimum atomic E-state index is 0.800. The van der Waals surface area contributed by atoms with Crippen molar-refractivity contribution in [1.29, 1.82) is 0 Å². The van der Waals surface area contributed by atoms with Crippen LogP contribution in [0, 0.1) is 13.8 Å². The van der Waals surface area contributed by atoms with Crippen LogP contribution >= 0.6 is 11.6 Å². The van der Waals surface area contributed by atoms with Gasteiger partial charge in [-0.15, -0.1) is 0 Å². The summed E-state index contributed by atoms with van der Waals surface area (Å²) in [6, 6.07) is 8.10. The predicted molar refractivity (Wildman–Crippen MR) is 88.6 cm³/mol. The van der Waals surface area contributed by atoms with Crippen molar-refractivity contribution in [2.24, 2.45) is 7.05 Å². The fourth-order valence-electron chi connectivity index (χ4n) is 3.08. The Labute approximate surface area is 130 Å². The molecule has 0 radical (unpaired) electrons. The summed E-state index contributed by atoms with van der Waals surface area (Å²) >= 11 is 6.08. The van der Waals surface area contributed by atoms with E-state index in [0.29, 0.717) is 0 Å². The van der Waals surface area contributed by atoms with E-state index in [4.69, 9.17) is 11.6 Å². The van der Waals surface area contributed by atoms with Crippen LogP contribution in [0.5, 0.6) is 0 Å². The van der Waals surface area contributed by atoms with Gasteiger partial charge in [0.1, 0.15) is 0 Å². The Morgan fingerprint density at radius 1 is 1.05 bits per heavy atom. The molecule has 112 valence electrons. The second-order valence-corrected chi connectivity index (χ2v) is 6.03. The largest absolute Gasteiger partial charge is 0.368 e. The van der Waals surface area contributed by atoms with E-state index < -0.39 is 0 Å². The van der Waals surface area contributed by atoms with E-state index in [9.17, 15) is 0 Å². The number of rotatable bonds is 2. The van der Waals surface area contributed by atoms with E-state index >= 15 is 0 Å². The van der Waals surface area contributed by atoms with Crippen LogP contribution in [0.1, 0.15) is 11.4 Å². The van der Waals surface area contributed by atoms with Crippen LogP contribution in [0.2, 0.25) is 5.02 Å². The van der Waals surface area contributed by atoms with Gasteiger partial charge >= 0.3 is 0 Å². The van der Waals surface area contributed by atoms with Crippen molar-refractivity contribution in [2.45, 2.75) is 13.8 Å². The van der Waals surface area contributed by atoms with Gasteiger partial charge in [0.2, 0.25) is 0 Å². The zero-order chi connectivity index (χ0) is 15.0. The van der Waals surface area contributed by atoms with Crippen LogP contribution in [0.3, 0.4) is 0 Å². The molecule has 0 saturated carbocycles. The molecular weight excluding hydrogens is 284 g/mol. The first-order chi connectivity index (χ1) is 10.1. The molecule has 2 aromatic rings. The molecule has 0 bridgehead atoms. The molecule has 1 fully saturated rings. The van der Waals surface area contributed by atoms with Crippen molar-refractivity contribution in [3.8, 4) is 0 Å². The van der Waals surface area contributed by atoms with E-state index in [1.807, 2.05) is 29.9 Å². The number of hydrogen-bond donors (Lipinski definition) is 0. The van der Waals surface area contributed by atoms with Gasteiger partial charge in [-0.05, 0) is 32.0 Å². The summed E-state index contributed by atoms with van der Waals surface area (Å²) in [5.41, 5.74) is 4.86. The van der Waals surface area contributed by atoms with Crippen LogP contribution in [-0.4, -0.2) is 36.0 Å². The monoisotopic (exact) mass is 304 g/mol. The quantitative estimate of drug-likeness (QED) is 0.852.